The number of aromatic nitrogens is 2. The molecule has 5 heteroatoms. The van der Waals surface area contributed by atoms with Crippen molar-refractivity contribution in [1.82, 2.24) is 9.97 Å². The predicted molar refractivity (Wildman–Crippen MR) is 51.4 cm³/mol. The lowest BCUT2D eigenvalue weighted by Crippen LogP contribution is -1.88. The molecule has 0 saturated carbocycles. The first-order chi connectivity index (χ1) is 5.69. The minimum absolute atomic E-state index is 0.0491. The summed E-state index contributed by atoms with van der Waals surface area (Å²) in [6.07, 6.45) is 1.50. The van der Waals surface area contributed by atoms with Crippen molar-refractivity contribution in [2.45, 2.75) is 0 Å². The monoisotopic (exact) mass is 201 g/mol. The van der Waals surface area contributed by atoms with Gasteiger partial charge >= 0.3 is 0 Å². The van der Waals surface area contributed by atoms with E-state index in [0.29, 0.717) is 11.4 Å². The van der Waals surface area contributed by atoms with Crippen LogP contribution in [0.2, 0.25) is 10.4 Å². The van der Waals surface area contributed by atoms with Gasteiger partial charge in [0, 0.05) is 0 Å². The standard InChI is InChI=1S/C7H5Cl2N3/c1-3-4-5(8)11-7(9)12-6(4)10-2/h3H,1-2H2. The summed E-state index contributed by atoms with van der Waals surface area (Å²) in [7, 11) is 0. The molecule has 0 bridgehead atoms. The summed E-state index contributed by atoms with van der Waals surface area (Å²) in [5.41, 5.74) is 0.538. The van der Waals surface area contributed by atoms with Gasteiger partial charge in [0.15, 0.2) is 5.82 Å². The van der Waals surface area contributed by atoms with Crippen molar-refractivity contribution in [1.29, 1.82) is 0 Å². The van der Waals surface area contributed by atoms with Gasteiger partial charge in [-0.15, -0.1) is 0 Å². The Kier molecular flexibility index (Phi) is 2.78. The summed E-state index contributed by atoms with van der Waals surface area (Å²) in [6, 6.07) is 0. The van der Waals surface area contributed by atoms with Crippen LogP contribution >= 0.6 is 23.2 Å². The van der Waals surface area contributed by atoms with Crippen LogP contribution in [-0.4, -0.2) is 16.7 Å². The van der Waals surface area contributed by atoms with Crippen molar-refractivity contribution in [3.05, 3.63) is 22.6 Å². The van der Waals surface area contributed by atoms with Crippen LogP contribution in [0, 0.1) is 0 Å². The fraction of sp³-hybridized carbons (Fsp3) is 0. The quantitative estimate of drug-likeness (QED) is 0.420. The molecule has 1 aromatic heterocycles. The second-order valence-electron chi connectivity index (χ2n) is 1.88. The third-order valence-electron chi connectivity index (χ3n) is 1.21. The maximum atomic E-state index is 5.72. The summed E-state index contributed by atoms with van der Waals surface area (Å²) in [5.74, 6) is 0.343. The van der Waals surface area contributed by atoms with Gasteiger partial charge in [-0.25, -0.2) is 9.98 Å². The second-order valence-corrected chi connectivity index (χ2v) is 2.58. The number of hydrogen-bond acceptors (Lipinski definition) is 3. The first-order valence-corrected chi connectivity index (χ1v) is 3.77. The van der Waals surface area contributed by atoms with Crippen LogP contribution in [0.5, 0.6) is 0 Å². The molecule has 1 rings (SSSR count). The van der Waals surface area contributed by atoms with E-state index in [0.717, 1.165) is 0 Å². The number of aliphatic imine (C=N–C) groups is 1. The average Bonchev–Trinajstić information content (AvgIpc) is 2.03. The normalized spacial score (nSPS) is 9.50. The zero-order valence-corrected chi connectivity index (χ0v) is 7.60. The van der Waals surface area contributed by atoms with Gasteiger partial charge in [0.05, 0.1) is 5.56 Å². The van der Waals surface area contributed by atoms with E-state index in [1.165, 1.54) is 6.08 Å². The third kappa shape index (κ3) is 1.62. The lowest BCUT2D eigenvalue weighted by molar-refractivity contribution is 1.15. The van der Waals surface area contributed by atoms with Crippen molar-refractivity contribution >= 4 is 41.8 Å². The summed E-state index contributed by atoms with van der Waals surface area (Å²) < 4.78 is 0. The zero-order chi connectivity index (χ0) is 9.14. The van der Waals surface area contributed by atoms with Crippen molar-refractivity contribution in [3.8, 4) is 0 Å². The molecule has 0 aliphatic heterocycles. The maximum Gasteiger partial charge on any atom is 0.225 e. The number of hydrogen-bond donors (Lipinski definition) is 0. The highest BCUT2D eigenvalue weighted by atomic mass is 35.5. The van der Waals surface area contributed by atoms with E-state index in [1.807, 2.05) is 0 Å². The number of rotatable bonds is 2. The fourth-order valence-electron chi connectivity index (χ4n) is 0.702. The molecule has 1 aromatic rings. The third-order valence-corrected chi connectivity index (χ3v) is 1.66. The van der Waals surface area contributed by atoms with Crippen LogP contribution in [-0.2, 0) is 0 Å². The zero-order valence-electron chi connectivity index (χ0n) is 6.09. The highest BCUT2D eigenvalue weighted by molar-refractivity contribution is 6.33. The van der Waals surface area contributed by atoms with E-state index in [2.05, 4.69) is 28.3 Å². The molecule has 0 spiro atoms. The topological polar surface area (TPSA) is 38.1 Å². The Labute approximate surface area is 79.8 Å². The SMILES string of the molecule is C=Cc1c(Cl)nc(Cl)nc1N=C. The van der Waals surface area contributed by atoms with Crippen LogP contribution in [0.1, 0.15) is 5.56 Å². The van der Waals surface area contributed by atoms with Gasteiger partial charge in [-0.3, -0.25) is 0 Å². The molecule has 0 aliphatic carbocycles. The number of halogens is 2. The first kappa shape index (κ1) is 9.16. The van der Waals surface area contributed by atoms with E-state index >= 15 is 0 Å². The fourth-order valence-corrected chi connectivity index (χ4v) is 1.15. The molecule has 0 amide bonds. The molecule has 0 saturated heterocycles. The minimum atomic E-state index is 0.0491. The van der Waals surface area contributed by atoms with Gasteiger partial charge in [-0.1, -0.05) is 24.3 Å². The van der Waals surface area contributed by atoms with Crippen molar-refractivity contribution < 1.29 is 0 Å². The van der Waals surface area contributed by atoms with Gasteiger partial charge in [0.1, 0.15) is 5.15 Å². The highest BCUT2D eigenvalue weighted by Crippen LogP contribution is 2.25. The lowest BCUT2D eigenvalue weighted by Gasteiger charge is -2.00. The minimum Gasteiger partial charge on any atom is -0.244 e. The molecule has 12 heavy (non-hydrogen) atoms. The van der Waals surface area contributed by atoms with Crippen LogP contribution in [0.4, 0.5) is 5.82 Å². The molecule has 1 heterocycles. The number of nitrogens with zero attached hydrogens (tertiary/aromatic N) is 3. The van der Waals surface area contributed by atoms with Gasteiger partial charge in [0.2, 0.25) is 5.28 Å². The Balaban J connectivity index is 3.43. The Bertz CT molecular complexity index is 336. The molecule has 0 unspecified atom stereocenters. The summed E-state index contributed by atoms with van der Waals surface area (Å²) in [6.45, 7) is 6.85. The molecule has 62 valence electrons. The molecule has 0 fully saturated rings. The molecule has 3 nitrogen and oxygen atoms in total. The van der Waals surface area contributed by atoms with Crippen LogP contribution in [0.15, 0.2) is 11.6 Å². The summed E-state index contributed by atoms with van der Waals surface area (Å²) >= 11 is 11.2. The smallest absolute Gasteiger partial charge is 0.225 e. The largest absolute Gasteiger partial charge is 0.244 e. The van der Waals surface area contributed by atoms with Gasteiger partial charge in [0.25, 0.3) is 0 Å². The van der Waals surface area contributed by atoms with Gasteiger partial charge in [-0.2, -0.15) is 4.98 Å². The van der Waals surface area contributed by atoms with Crippen molar-refractivity contribution in [2.75, 3.05) is 0 Å². The summed E-state index contributed by atoms with van der Waals surface area (Å²) in [5, 5.41) is 0.278. The van der Waals surface area contributed by atoms with Crippen LogP contribution in [0.25, 0.3) is 6.08 Å². The Morgan fingerprint density at radius 2 is 2.00 bits per heavy atom. The van der Waals surface area contributed by atoms with Gasteiger partial charge in [-0.05, 0) is 18.3 Å². The first-order valence-electron chi connectivity index (χ1n) is 3.01. The van der Waals surface area contributed by atoms with Crippen molar-refractivity contribution in [2.24, 2.45) is 4.99 Å². The van der Waals surface area contributed by atoms with Gasteiger partial charge < -0.3 is 0 Å². The maximum absolute atomic E-state index is 5.72. The van der Waals surface area contributed by atoms with E-state index in [4.69, 9.17) is 23.2 Å². The van der Waals surface area contributed by atoms with Crippen LogP contribution in [0.3, 0.4) is 0 Å². The molecule has 0 radical (unpaired) electrons. The predicted octanol–water partition coefficient (Wildman–Crippen LogP) is 2.76. The second kappa shape index (κ2) is 3.65. The van der Waals surface area contributed by atoms with Crippen molar-refractivity contribution in [3.63, 3.8) is 0 Å². The van der Waals surface area contributed by atoms with E-state index in [1.54, 1.807) is 0 Å². The molecular weight excluding hydrogens is 197 g/mol. The van der Waals surface area contributed by atoms with Crippen LogP contribution < -0.4 is 0 Å². The molecule has 0 atom stereocenters. The average molecular weight is 202 g/mol. The van der Waals surface area contributed by atoms with E-state index in [9.17, 15) is 0 Å². The molecule has 0 aliphatic rings. The van der Waals surface area contributed by atoms with E-state index < -0.39 is 0 Å². The Hall–Kier alpha value is -0.930. The summed E-state index contributed by atoms with van der Waals surface area (Å²) in [4.78, 5) is 11.1. The molecule has 0 N–H and O–H groups in total. The van der Waals surface area contributed by atoms with E-state index in [-0.39, 0.29) is 10.4 Å². The Morgan fingerprint density at radius 1 is 1.33 bits per heavy atom. The lowest BCUT2D eigenvalue weighted by atomic mass is 10.3. The molecule has 0 aromatic carbocycles. The highest BCUT2D eigenvalue weighted by Gasteiger charge is 2.07. The Morgan fingerprint density at radius 3 is 2.50 bits per heavy atom. The molecular formula is C7H5Cl2N3.